The van der Waals surface area contributed by atoms with E-state index in [9.17, 15) is 4.79 Å². The summed E-state index contributed by atoms with van der Waals surface area (Å²) in [5, 5.41) is 0. The van der Waals surface area contributed by atoms with Crippen LogP contribution in [0, 0.1) is 5.92 Å². The molecule has 1 heteroatoms. The average Bonchev–Trinajstić information content (AvgIpc) is 2.25. The van der Waals surface area contributed by atoms with Crippen LogP contribution in [0.4, 0.5) is 0 Å². The number of rotatable bonds is 3. The minimum absolute atomic E-state index is 0.429. The van der Waals surface area contributed by atoms with Crippen molar-refractivity contribution in [3.05, 3.63) is 11.6 Å². The van der Waals surface area contributed by atoms with Crippen molar-refractivity contribution in [3.63, 3.8) is 0 Å². The van der Waals surface area contributed by atoms with E-state index in [1.54, 1.807) is 0 Å². The van der Waals surface area contributed by atoms with Gasteiger partial charge in [-0.25, -0.2) is 0 Å². The first-order chi connectivity index (χ1) is 6.22. The number of hydrogen-bond acceptors (Lipinski definition) is 1. The molecule has 1 aliphatic rings. The van der Waals surface area contributed by atoms with Crippen molar-refractivity contribution in [2.24, 2.45) is 5.92 Å². The Morgan fingerprint density at radius 2 is 2.23 bits per heavy atom. The largest absolute Gasteiger partial charge is 0.299 e. The highest BCUT2D eigenvalue weighted by atomic mass is 16.1. The summed E-state index contributed by atoms with van der Waals surface area (Å²) in [6.07, 6.45) is 8.48. The molecule has 0 fully saturated rings. The van der Waals surface area contributed by atoms with Crippen LogP contribution in [-0.2, 0) is 4.79 Å². The van der Waals surface area contributed by atoms with Gasteiger partial charge in [0.2, 0.25) is 0 Å². The molecule has 0 saturated heterocycles. The molecule has 0 spiro atoms. The van der Waals surface area contributed by atoms with Crippen molar-refractivity contribution in [2.45, 2.75) is 52.4 Å². The molecule has 0 amide bonds. The van der Waals surface area contributed by atoms with Gasteiger partial charge >= 0.3 is 0 Å². The van der Waals surface area contributed by atoms with Gasteiger partial charge in [-0.05, 0) is 25.7 Å². The summed E-state index contributed by atoms with van der Waals surface area (Å²) in [4.78, 5) is 11.4. The van der Waals surface area contributed by atoms with E-state index in [0.717, 1.165) is 12.8 Å². The van der Waals surface area contributed by atoms with Crippen molar-refractivity contribution < 1.29 is 4.79 Å². The zero-order valence-corrected chi connectivity index (χ0v) is 8.81. The summed E-state index contributed by atoms with van der Waals surface area (Å²) >= 11 is 0. The van der Waals surface area contributed by atoms with Crippen LogP contribution in [0.2, 0.25) is 0 Å². The van der Waals surface area contributed by atoms with E-state index in [1.807, 2.05) is 0 Å². The molecule has 0 aromatic rings. The molecule has 74 valence electrons. The Bertz CT molecular complexity index is 203. The van der Waals surface area contributed by atoms with Gasteiger partial charge in [0, 0.05) is 12.8 Å². The molecule has 13 heavy (non-hydrogen) atoms. The SMILES string of the molecule is CCCCC1CC(=O)CC=C(C)C1. The zero-order valence-electron chi connectivity index (χ0n) is 8.81. The number of Topliss-reactive ketones (excluding diaryl/α,β-unsaturated/α-hetero) is 1. The second kappa shape index (κ2) is 5.21. The fourth-order valence-corrected chi connectivity index (χ4v) is 2.00. The maximum atomic E-state index is 11.4. The van der Waals surface area contributed by atoms with E-state index >= 15 is 0 Å². The molecule has 1 aliphatic carbocycles. The van der Waals surface area contributed by atoms with E-state index in [-0.39, 0.29) is 0 Å². The lowest BCUT2D eigenvalue weighted by molar-refractivity contribution is -0.119. The highest BCUT2D eigenvalue weighted by molar-refractivity contribution is 5.80. The molecule has 0 saturated carbocycles. The van der Waals surface area contributed by atoms with E-state index in [4.69, 9.17) is 0 Å². The van der Waals surface area contributed by atoms with Crippen molar-refractivity contribution >= 4 is 5.78 Å². The summed E-state index contributed by atoms with van der Waals surface area (Å²) in [7, 11) is 0. The standard InChI is InChI=1S/C12H20O/c1-3-4-5-11-8-10(2)6-7-12(13)9-11/h6,11H,3-5,7-9H2,1-2H3. The molecule has 1 nitrogen and oxygen atoms in total. The van der Waals surface area contributed by atoms with Gasteiger partial charge in [-0.15, -0.1) is 0 Å². The molecule has 0 aromatic carbocycles. The van der Waals surface area contributed by atoms with Crippen LogP contribution in [0.25, 0.3) is 0 Å². The van der Waals surface area contributed by atoms with Crippen LogP contribution in [0.1, 0.15) is 52.4 Å². The fourth-order valence-electron chi connectivity index (χ4n) is 2.00. The Balaban J connectivity index is 2.45. The Morgan fingerprint density at radius 1 is 1.46 bits per heavy atom. The summed E-state index contributed by atoms with van der Waals surface area (Å²) in [6.45, 7) is 4.36. The Labute approximate surface area is 81.2 Å². The Hall–Kier alpha value is -0.590. The molecular formula is C12H20O. The maximum absolute atomic E-state index is 11.4. The minimum Gasteiger partial charge on any atom is -0.299 e. The molecule has 1 rings (SSSR count). The van der Waals surface area contributed by atoms with Gasteiger partial charge in [-0.2, -0.15) is 0 Å². The topological polar surface area (TPSA) is 17.1 Å². The van der Waals surface area contributed by atoms with Gasteiger partial charge in [0.25, 0.3) is 0 Å². The summed E-state index contributed by atoms with van der Waals surface area (Å²) in [6, 6.07) is 0. The quantitative estimate of drug-likeness (QED) is 0.607. The normalized spacial score (nSPS) is 24.0. The molecule has 1 unspecified atom stereocenters. The lowest BCUT2D eigenvalue weighted by atomic mass is 9.92. The van der Waals surface area contributed by atoms with E-state index < -0.39 is 0 Å². The van der Waals surface area contributed by atoms with E-state index in [2.05, 4.69) is 19.9 Å². The average molecular weight is 180 g/mol. The predicted molar refractivity (Wildman–Crippen MR) is 55.6 cm³/mol. The van der Waals surface area contributed by atoms with Crippen LogP contribution < -0.4 is 0 Å². The first-order valence-corrected chi connectivity index (χ1v) is 5.39. The van der Waals surface area contributed by atoms with Crippen molar-refractivity contribution in [3.8, 4) is 0 Å². The number of allylic oxidation sites excluding steroid dienone is 2. The third kappa shape index (κ3) is 3.75. The van der Waals surface area contributed by atoms with Crippen LogP contribution >= 0.6 is 0 Å². The van der Waals surface area contributed by atoms with Gasteiger partial charge in [-0.3, -0.25) is 4.79 Å². The van der Waals surface area contributed by atoms with Gasteiger partial charge < -0.3 is 0 Å². The van der Waals surface area contributed by atoms with Crippen LogP contribution in [0.5, 0.6) is 0 Å². The number of unbranched alkanes of at least 4 members (excludes halogenated alkanes) is 1. The van der Waals surface area contributed by atoms with Crippen LogP contribution in [0.15, 0.2) is 11.6 Å². The number of hydrogen-bond donors (Lipinski definition) is 0. The Kier molecular flexibility index (Phi) is 4.20. The third-order valence-electron chi connectivity index (χ3n) is 2.77. The fraction of sp³-hybridized carbons (Fsp3) is 0.750. The molecular weight excluding hydrogens is 160 g/mol. The number of ketones is 1. The first kappa shape index (κ1) is 10.5. The molecule has 0 radical (unpaired) electrons. The summed E-state index contributed by atoms with van der Waals surface area (Å²) < 4.78 is 0. The monoisotopic (exact) mass is 180 g/mol. The minimum atomic E-state index is 0.429. The molecule has 0 heterocycles. The number of carbonyl (C=O) groups is 1. The maximum Gasteiger partial charge on any atom is 0.136 e. The third-order valence-corrected chi connectivity index (χ3v) is 2.77. The first-order valence-electron chi connectivity index (χ1n) is 5.39. The molecule has 0 aromatic heterocycles. The predicted octanol–water partition coefficient (Wildman–Crippen LogP) is 3.49. The smallest absolute Gasteiger partial charge is 0.136 e. The van der Waals surface area contributed by atoms with Gasteiger partial charge in [-0.1, -0.05) is 31.4 Å². The number of carbonyl (C=O) groups excluding carboxylic acids is 1. The van der Waals surface area contributed by atoms with E-state index in [0.29, 0.717) is 18.1 Å². The Morgan fingerprint density at radius 3 is 2.92 bits per heavy atom. The lowest BCUT2D eigenvalue weighted by Crippen LogP contribution is -2.05. The second-order valence-corrected chi connectivity index (χ2v) is 4.21. The second-order valence-electron chi connectivity index (χ2n) is 4.21. The summed E-state index contributed by atoms with van der Waals surface area (Å²) in [5.74, 6) is 1.06. The van der Waals surface area contributed by atoms with Gasteiger partial charge in [0.15, 0.2) is 0 Å². The van der Waals surface area contributed by atoms with Crippen LogP contribution in [-0.4, -0.2) is 5.78 Å². The lowest BCUT2D eigenvalue weighted by Gasteiger charge is -2.12. The molecule has 1 atom stereocenters. The van der Waals surface area contributed by atoms with E-state index in [1.165, 1.54) is 24.8 Å². The van der Waals surface area contributed by atoms with Gasteiger partial charge in [0.1, 0.15) is 5.78 Å². The van der Waals surface area contributed by atoms with Gasteiger partial charge in [0.05, 0.1) is 0 Å². The van der Waals surface area contributed by atoms with Crippen molar-refractivity contribution in [2.75, 3.05) is 0 Å². The zero-order chi connectivity index (χ0) is 9.68. The molecule has 0 aliphatic heterocycles. The van der Waals surface area contributed by atoms with Crippen LogP contribution in [0.3, 0.4) is 0 Å². The van der Waals surface area contributed by atoms with Crippen molar-refractivity contribution in [1.82, 2.24) is 0 Å². The van der Waals surface area contributed by atoms with Crippen molar-refractivity contribution in [1.29, 1.82) is 0 Å². The highest BCUT2D eigenvalue weighted by Crippen LogP contribution is 2.25. The molecule has 0 N–H and O–H groups in total. The molecule has 0 bridgehead atoms. The highest BCUT2D eigenvalue weighted by Gasteiger charge is 2.16. The summed E-state index contributed by atoms with van der Waals surface area (Å²) in [5.41, 5.74) is 1.41.